The van der Waals surface area contributed by atoms with Gasteiger partial charge in [0.2, 0.25) is 16.5 Å². The van der Waals surface area contributed by atoms with E-state index in [0.29, 0.717) is 17.8 Å². The van der Waals surface area contributed by atoms with Gasteiger partial charge in [-0.1, -0.05) is 32.5 Å². The number of amides is 1. The van der Waals surface area contributed by atoms with Crippen LogP contribution in [0, 0.1) is 0 Å². The van der Waals surface area contributed by atoms with Crippen LogP contribution in [0.2, 0.25) is 31.0 Å². The van der Waals surface area contributed by atoms with E-state index < -0.39 is 57.4 Å². The molecule has 0 aromatic carbocycles. The summed E-state index contributed by atoms with van der Waals surface area (Å²) in [4.78, 5) is 21.5. The van der Waals surface area contributed by atoms with E-state index in [2.05, 4.69) is 55.5 Å². The molecule has 0 bridgehead atoms. The second-order valence-corrected chi connectivity index (χ2v) is 25.1. The molecule has 3 aromatic rings. The molecule has 0 spiro atoms. The molecule has 5 heterocycles. The summed E-state index contributed by atoms with van der Waals surface area (Å²) in [5, 5.41) is 17.7. The first-order valence-electron chi connectivity index (χ1n) is 21.0. The van der Waals surface area contributed by atoms with E-state index in [1.165, 1.54) is 15.6 Å². The summed E-state index contributed by atoms with van der Waals surface area (Å²) in [5.41, 5.74) is 0.225. The number of nitrogens with zero attached hydrogens (tertiary/aromatic N) is 8. The van der Waals surface area contributed by atoms with Crippen LogP contribution in [-0.4, -0.2) is 150 Å². The third-order valence-corrected chi connectivity index (χ3v) is 14.8. The van der Waals surface area contributed by atoms with Crippen molar-refractivity contribution < 1.29 is 61.0 Å². The molecule has 25 heteroatoms. The summed E-state index contributed by atoms with van der Waals surface area (Å²) < 4.78 is 84.9. The number of halogens is 1. The Hall–Kier alpha value is -2.77. The van der Waals surface area contributed by atoms with Crippen LogP contribution in [0.15, 0.2) is 6.20 Å². The number of nitrogens with one attached hydrogen (secondary N) is 1. The Morgan fingerprint density at radius 3 is 2.47 bits per heavy atom. The van der Waals surface area contributed by atoms with Crippen molar-refractivity contribution in [2.24, 2.45) is 0 Å². The first-order valence-corrected chi connectivity index (χ1v) is 26.6. The third-order valence-electron chi connectivity index (χ3n) is 10.4. The van der Waals surface area contributed by atoms with E-state index in [-0.39, 0.29) is 82.4 Å². The second-order valence-electron chi connectivity index (χ2n) is 16.8. The highest BCUT2D eigenvalue weighted by Gasteiger charge is 2.59. The van der Waals surface area contributed by atoms with Crippen molar-refractivity contribution in [3.05, 3.63) is 17.3 Å². The summed E-state index contributed by atoms with van der Waals surface area (Å²) in [5.74, 6) is -0.739. The number of rotatable bonds is 25. The number of methoxy groups -OCH3 is 1. The van der Waals surface area contributed by atoms with Crippen molar-refractivity contribution in [2.45, 2.75) is 134 Å². The summed E-state index contributed by atoms with van der Waals surface area (Å²) in [6.07, 6.45) is 1.36. The van der Waals surface area contributed by atoms with Crippen LogP contribution in [-0.2, 0) is 64.8 Å². The Kier molecular flexibility index (Phi) is 16.9. The van der Waals surface area contributed by atoms with Gasteiger partial charge in [0.25, 0.3) is 0 Å². The third kappa shape index (κ3) is 12.1. The van der Waals surface area contributed by atoms with E-state index in [1.54, 1.807) is 34.8 Å². The van der Waals surface area contributed by atoms with Gasteiger partial charge in [0.15, 0.2) is 23.5 Å². The summed E-state index contributed by atoms with van der Waals surface area (Å²) >= 11 is 6.39. The molecule has 348 valence electrons. The van der Waals surface area contributed by atoms with Gasteiger partial charge in [-0.15, -0.1) is 5.10 Å². The molecule has 1 unspecified atom stereocenters. The zero-order valence-corrected chi connectivity index (χ0v) is 39.4. The van der Waals surface area contributed by atoms with Gasteiger partial charge < -0.3 is 57.0 Å². The monoisotopic (exact) mass is 933 g/mol. The van der Waals surface area contributed by atoms with E-state index in [9.17, 15) is 9.36 Å². The number of fused-ring (bicyclic) bond motifs is 2. The standard InChI is InChI=1S/C37H61ClN9O13PSi/c1-9-55-61(49,56-10-2)37(22-51-16-15-50-5,23-53-21-28-43-44-45-46(28)24-52-17-18-62(6,7)8)54-20-27-29-30(60-36(3,4)59-29)33(57-27)47-31-26(19-39-47)32(42-34(38)41-31)58-35(48)40-25-13-11-12-14-25/h19,25,27,29-30,33H,9-18,20-24H2,1-8H3,(H,40,48)/t27-,29-,30-,33-,37?/m1/s1. The van der Waals surface area contributed by atoms with Crippen molar-refractivity contribution in [3.8, 4) is 5.88 Å². The van der Waals surface area contributed by atoms with Gasteiger partial charge in [-0.2, -0.15) is 15.1 Å². The topological polar surface area (TPSA) is 235 Å². The molecule has 6 rings (SSSR count). The van der Waals surface area contributed by atoms with Crippen LogP contribution >= 0.6 is 19.2 Å². The van der Waals surface area contributed by atoms with Crippen molar-refractivity contribution in [1.29, 1.82) is 0 Å². The number of carbonyl (C=O) groups is 1. The molecule has 2 aliphatic heterocycles. The Labute approximate surface area is 367 Å². The Morgan fingerprint density at radius 2 is 1.76 bits per heavy atom. The van der Waals surface area contributed by atoms with Gasteiger partial charge in [-0.05, 0) is 68.6 Å². The van der Waals surface area contributed by atoms with Crippen molar-refractivity contribution >= 4 is 44.4 Å². The molecular formula is C37H61ClN9O13PSi. The van der Waals surface area contributed by atoms with Crippen molar-refractivity contribution in [1.82, 2.24) is 45.3 Å². The van der Waals surface area contributed by atoms with E-state index in [4.69, 9.17) is 63.3 Å². The minimum absolute atomic E-state index is 0.0236. The van der Waals surface area contributed by atoms with Gasteiger partial charge in [0.1, 0.15) is 37.0 Å². The molecule has 3 aliphatic rings. The van der Waals surface area contributed by atoms with E-state index in [1.807, 2.05) is 0 Å². The number of aromatic nitrogens is 8. The van der Waals surface area contributed by atoms with Crippen LogP contribution in [0.3, 0.4) is 0 Å². The summed E-state index contributed by atoms with van der Waals surface area (Å²) in [6, 6.07) is 1.00. The maximum Gasteiger partial charge on any atom is 0.414 e. The fraction of sp³-hybridized carbons (Fsp3) is 0.811. The first-order chi connectivity index (χ1) is 29.6. The minimum Gasteiger partial charge on any atom is -0.390 e. The van der Waals surface area contributed by atoms with E-state index in [0.717, 1.165) is 31.7 Å². The second kappa shape index (κ2) is 21.5. The lowest BCUT2D eigenvalue weighted by molar-refractivity contribution is -0.209. The predicted molar refractivity (Wildman–Crippen MR) is 223 cm³/mol. The highest BCUT2D eigenvalue weighted by molar-refractivity contribution is 7.55. The molecule has 3 fully saturated rings. The molecule has 62 heavy (non-hydrogen) atoms. The SMILES string of the molecule is CCOP(=O)(OCC)C(COCCOC)(COCc1nnnn1COCC[Si](C)(C)C)OC[C@H]1O[C@@H](n2ncc3c(OC(=O)NC4CCCC4)nc(Cl)nc32)[C@@H]2OC(C)(C)O[C@@H]21. The fourth-order valence-electron chi connectivity index (χ4n) is 7.33. The fourth-order valence-corrected chi connectivity index (χ4v) is 10.2. The molecule has 2 saturated heterocycles. The number of hydrogen-bond donors (Lipinski definition) is 1. The Bertz CT molecular complexity index is 1960. The molecule has 3 aromatic heterocycles. The minimum atomic E-state index is -4.22. The van der Waals surface area contributed by atoms with Crippen LogP contribution in [0.25, 0.3) is 11.0 Å². The smallest absolute Gasteiger partial charge is 0.390 e. The lowest BCUT2D eigenvalue weighted by Crippen LogP contribution is -2.47. The zero-order valence-electron chi connectivity index (χ0n) is 36.8. The van der Waals surface area contributed by atoms with Gasteiger partial charge in [0.05, 0.1) is 52.4 Å². The molecule has 1 N–H and O–H groups in total. The average molecular weight is 934 g/mol. The average Bonchev–Trinajstić information content (AvgIpc) is 4.05. The lowest BCUT2D eigenvalue weighted by atomic mass is 10.1. The number of tetrazole rings is 1. The first kappa shape index (κ1) is 48.7. The van der Waals surface area contributed by atoms with Crippen LogP contribution < -0.4 is 10.1 Å². The largest absolute Gasteiger partial charge is 0.414 e. The Balaban J connectivity index is 1.25. The molecular weight excluding hydrogens is 873 g/mol. The van der Waals surface area contributed by atoms with Gasteiger partial charge >= 0.3 is 13.7 Å². The maximum atomic E-state index is 15.0. The molecule has 22 nitrogen and oxygen atoms in total. The molecule has 0 radical (unpaired) electrons. The zero-order chi connectivity index (χ0) is 44.5. The highest BCUT2D eigenvalue weighted by atomic mass is 35.5. The molecule has 1 amide bonds. The summed E-state index contributed by atoms with van der Waals surface area (Å²) in [7, 11) is -3.99. The predicted octanol–water partition coefficient (Wildman–Crippen LogP) is 5.09. The Morgan fingerprint density at radius 1 is 1.03 bits per heavy atom. The van der Waals surface area contributed by atoms with Crippen LogP contribution in [0.1, 0.15) is 65.4 Å². The van der Waals surface area contributed by atoms with Crippen molar-refractivity contribution in [2.75, 3.05) is 60.0 Å². The quantitative estimate of drug-likeness (QED) is 0.0504. The number of carbonyl (C=O) groups excluding carboxylic acids is 1. The number of hydrogen-bond acceptors (Lipinski definition) is 19. The summed E-state index contributed by atoms with van der Waals surface area (Å²) in [6.45, 7) is 13.9. The molecule has 1 saturated carbocycles. The van der Waals surface area contributed by atoms with Crippen LogP contribution in [0.5, 0.6) is 5.88 Å². The molecule has 1 aliphatic carbocycles. The number of ether oxygens (including phenoxy) is 9. The van der Waals surface area contributed by atoms with Gasteiger partial charge in [0, 0.05) is 27.8 Å². The van der Waals surface area contributed by atoms with E-state index >= 15 is 0 Å². The van der Waals surface area contributed by atoms with Gasteiger partial charge in [-0.3, -0.25) is 4.57 Å². The molecule has 5 atom stereocenters. The van der Waals surface area contributed by atoms with Crippen LogP contribution in [0.4, 0.5) is 4.79 Å². The van der Waals surface area contributed by atoms with Gasteiger partial charge in [-0.25, -0.2) is 14.2 Å². The maximum absolute atomic E-state index is 15.0. The van der Waals surface area contributed by atoms with Crippen molar-refractivity contribution in [3.63, 3.8) is 0 Å². The lowest BCUT2D eigenvalue weighted by Gasteiger charge is -2.39. The highest BCUT2D eigenvalue weighted by Crippen LogP contribution is 2.61. The normalized spacial score (nSPS) is 22.7.